The number of halogens is 1. The molecule has 0 atom stereocenters. The fourth-order valence-corrected chi connectivity index (χ4v) is 1.39. The zero-order valence-corrected chi connectivity index (χ0v) is 8.14. The first-order valence-corrected chi connectivity index (χ1v) is 4.48. The van der Waals surface area contributed by atoms with Crippen molar-refractivity contribution in [3.8, 4) is 5.69 Å². The molecule has 0 aliphatic rings. The molecule has 3 nitrogen and oxygen atoms in total. The first kappa shape index (κ1) is 9.58. The van der Waals surface area contributed by atoms with Crippen molar-refractivity contribution in [2.45, 2.75) is 6.92 Å². The van der Waals surface area contributed by atoms with Crippen LogP contribution in [0.1, 0.15) is 15.9 Å². The van der Waals surface area contributed by atoms with Gasteiger partial charge >= 0.3 is 0 Å². The lowest BCUT2D eigenvalue weighted by Gasteiger charge is -2.05. The van der Waals surface area contributed by atoms with Crippen LogP contribution in [0.2, 0.25) is 0 Å². The van der Waals surface area contributed by atoms with Crippen LogP contribution in [0.5, 0.6) is 0 Å². The number of para-hydroxylation sites is 1. The van der Waals surface area contributed by atoms with Gasteiger partial charge in [0.05, 0.1) is 17.4 Å². The predicted molar refractivity (Wildman–Crippen MR) is 53.6 cm³/mol. The molecular formula is C11H9FN2O. The number of aromatic nitrogens is 2. The highest BCUT2D eigenvalue weighted by atomic mass is 19.1. The summed E-state index contributed by atoms with van der Waals surface area (Å²) in [6.45, 7) is 1.86. The third kappa shape index (κ3) is 1.54. The summed E-state index contributed by atoms with van der Waals surface area (Å²) in [4.78, 5) is 10.5. The summed E-state index contributed by atoms with van der Waals surface area (Å²) >= 11 is 0. The van der Waals surface area contributed by atoms with Crippen molar-refractivity contribution in [1.29, 1.82) is 0 Å². The Labute approximate surface area is 86.2 Å². The van der Waals surface area contributed by atoms with Crippen LogP contribution in [0.4, 0.5) is 4.39 Å². The quantitative estimate of drug-likeness (QED) is 0.702. The Kier molecular flexibility index (Phi) is 2.33. The van der Waals surface area contributed by atoms with E-state index in [0.29, 0.717) is 12.0 Å². The number of aldehydes is 1. The molecule has 0 fully saturated rings. The monoisotopic (exact) mass is 204 g/mol. The summed E-state index contributed by atoms with van der Waals surface area (Å²) in [5.74, 6) is -0.626. The van der Waals surface area contributed by atoms with E-state index in [1.165, 1.54) is 6.20 Å². The minimum Gasteiger partial charge on any atom is -0.298 e. The molecule has 0 radical (unpaired) electrons. The molecule has 0 spiro atoms. The number of benzene rings is 1. The van der Waals surface area contributed by atoms with Gasteiger partial charge in [0.1, 0.15) is 0 Å². The van der Waals surface area contributed by atoms with Crippen LogP contribution in [0.25, 0.3) is 5.69 Å². The summed E-state index contributed by atoms with van der Waals surface area (Å²) in [5, 5.41) is 3.83. The molecule has 15 heavy (non-hydrogen) atoms. The lowest BCUT2D eigenvalue weighted by Crippen LogP contribution is -2.02. The largest absolute Gasteiger partial charge is 0.298 e. The predicted octanol–water partition coefficient (Wildman–Crippen LogP) is 2.13. The molecule has 0 aliphatic carbocycles. The average molecular weight is 204 g/mol. The van der Waals surface area contributed by atoms with Crippen LogP contribution >= 0.6 is 0 Å². The van der Waals surface area contributed by atoms with Gasteiger partial charge in [-0.1, -0.05) is 18.2 Å². The van der Waals surface area contributed by atoms with Gasteiger partial charge in [-0.15, -0.1) is 0 Å². The number of nitrogens with zero attached hydrogens (tertiary/aromatic N) is 2. The second-order valence-electron chi connectivity index (χ2n) is 3.21. The molecule has 0 saturated carbocycles. The molecule has 2 rings (SSSR count). The molecule has 1 aromatic heterocycles. The smallest absolute Gasteiger partial charge is 0.226 e. The number of rotatable bonds is 2. The van der Waals surface area contributed by atoms with Crippen LogP contribution in [-0.2, 0) is 0 Å². The Morgan fingerprint density at radius 2 is 2.13 bits per heavy atom. The molecule has 4 heteroatoms. The van der Waals surface area contributed by atoms with Crippen molar-refractivity contribution in [3.63, 3.8) is 0 Å². The Hall–Kier alpha value is -1.97. The number of hydrogen-bond acceptors (Lipinski definition) is 2. The van der Waals surface area contributed by atoms with Gasteiger partial charge in [0.2, 0.25) is 5.95 Å². The fraction of sp³-hybridized carbons (Fsp3) is 0.0909. The van der Waals surface area contributed by atoms with Crippen molar-refractivity contribution >= 4 is 6.29 Å². The maximum atomic E-state index is 13.6. The molecule has 0 N–H and O–H groups in total. The third-order valence-electron chi connectivity index (χ3n) is 2.21. The summed E-state index contributed by atoms with van der Waals surface area (Å²) in [6, 6.07) is 7.27. The van der Waals surface area contributed by atoms with E-state index in [-0.39, 0.29) is 5.56 Å². The van der Waals surface area contributed by atoms with Gasteiger partial charge in [-0.3, -0.25) is 4.79 Å². The second-order valence-corrected chi connectivity index (χ2v) is 3.21. The van der Waals surface area contributed by atoms with Crippen LogP contribution in [0, 0.1) is 12.9 Å². The van der Waals surface area contributed by atoms with Crippen LogP contribution < -0.4 is 0 Å². The SMILES string of the molecule is Cc1ccccc1-n1ncc(C=O)c1F. The van der Waals surface area contributed by atoms with E-state index in [1.54, 1.807) is 12.1 Å². The molecular weight excluding hydrogens is 195 g/mol. The number of carbonyl (C=O) groups excluding carboxylic acids is 1. The average Bonchev–Trinajstić information content (AvgIpc) is 2.60. The highest BCUT2D eigenvalue weighted by Gasteiger charge is 2.11. The number of aryl methyl sites for hydroxylation is 1. The molecule has 1 heterocycles. The maximum Gasteiger partial charge on any atom is 0.226 e. The normalized spacial score (nSPS) is 10.3. The molecule has 0 saturated heterocycles. The zero-order chi connectivity index (χ0) is 10.8. The van der Waals surface area contributed by atoms with Gasteiger partial charge in [0.15, 0.2) is 6.29 Å². The molecule has 0 amide bonds. The minimum atomic E-state index is -0.626. The highest BCUT2D eigenvalue weighted by Crippen LogP contribution is 2.15. The van der Waals surface area contributed by atoms with Crippen molar-refractivity contribution in [1.82, 2.24) is 9.78 Å². The zero-order valence-electron chi connectivity index (χ0n) is 8.14. The molecule has 0 aliphatic heterocycles. The highest BCUT2D eigenvalue weighted by molar-refractivity contribution is 5.74. The molecule has 0 unspecified atom stereocenters. The molecule has 2 aromatic rings. The van der Waals surface area contributed by atoms with Crippen molar-refractivity contribution < 1.29 is 9.18 Å². The molecule has 76 valence electrons. The van der Waals surface area contributed by atoms with Crippen molar-refractivity contribution in [2.75, 3.05) is 0 Å². The van der Waals surface area contributed by atoms with E-state index in [1.807, 2.05) is 19.1 Å². The van der Waals surface area contributed by atoms with Crippen LogP contribution in [0.3, 0.4) is 0 Å². The summed E-state index contributed by atoms with van der Waals surface area (Å²) < 4.78 is 14.7. The minimum absolute atomic E-state index is 0.0294. The van der Waals surface area contributed by atoms with Gasteiger partial charge < -0.3 is 0 Å². The van der Waals surface area contributed by atoms with E-state index >= 15 is 0 Å². The Bertz CT molecular complexity index is 505. The molecule has 0 bridgehead atoms. The third-order valence-corrected chi connectivity index (χ3v) is 2.21. The lowest BCUT2D eigenvalue weighted by molar-refractivity contribution is 0.111. The Morgan fingerprint density at radius 3 is 2.73 bits per heavy atom. The standard InChI is InChI=1S/C11H9FN2O/c1-8-4-2-3-5-10(8)14-11(12)9(7-15)6-13-14/h2-7H,1H3. The van der Waals surface area contributed by atoms with Gasteiger partial charge in [0.25, 0.3) is 0 Å². The lowest BCUT2D eigenvalue weighted by atomic mass is 10.2. The van der Waals surface area contributed by atoms with Gasteiger partial charge in [-0.25, -0.2) is 4.68 Å². The van der Waals surface area contributed by atoms with Gasteiger partial charge in [0, 0.05) is 0 Å². The number of carbonyl (C=O) groups is 1. The summed E-state index contributed by atoms with van der Waals surface area (Å²) in [5.41, 5.74) is 1.51. The van der Waals surface area contributed by atoms with Crippen LogP contribution in [-0.4, -0.2) is 16.1 Å². The maximum absolute atomic E-state index is 13.6. The Balaban J connectivity index is 2.59. The Morgan fingerprint density at radius 1 is 1.40 bits per heavy atom. The van der Waals surface area contributed by atoms with E-state index in [4.69, 9.17) is 0 Å². The summed E-state index contributed by atoms with van der Waals surface area (Å²) in [7, 11) is 0. The van der Waals surface area contributed by atoms with Gasteiger partial charge in [-0.05, 0) is 18.6 Å². The fourth-order valence-electron chi connectivity index (χ4n) is 1.39. The van der Waals surface area contributed by atoms with Crippen molar-refractivity contribution in [2.24, 2.45) is 0 Å². The second kappa shape index (κ2) is 3.65. The van der Waals surface area contributed by atoms with Crippen molar-refractivity contribution in [3.05, 3.63) is 47.5 Å². The van der Waals surface area contributed by atoms with E-state index in [0.717, 1.165) is 10.2 Å². The van der Waals surface area contributed by atoms with Crippen LogP contribution in [0.15, 0.2) is 30.5 Å². The van der Waals surface area contributed by atoms with E-state index < -0.39 is 5.95 Å². The first-order valence-electron chi connectivity index (χ1n) is 4.48. The van der Waals surface area contributed by atoms with E-state index in [9.17, 15) is 9.18 Å². The van der Waals surface area contributed by atoms with E-state index in [2.05, 4.69) is 5.10 Å². The molecule has 1 aromatic carbocycles. The van der Waals surface area contributed by atoms with Gasteiger partial charge in [-0.2, -0.15) is 9.49 Å². The first-order chi connectivity index (χ1) is 7.24. The summed E-state index contributed by atoms with van der Waals surface area (Å²) in [6.07, 6.45) is 1.67. The number of hydrogen-bond donors (Lipinski definition) is 0. The topological polar surface area (TPSA) is 34.9 Å².